The molecule has 3 aromatic heterocycles. The average molecular weight is 312 g/mol. The molecule has 0 radical (unpaired) electrons. The highest BCUT2D eigenvalue weighted by molar-refractivity contribution is 5.87. The van der Waals surface area contributed by atoms with Gasteiger partial charge in [0.2, 0.25) is 0 Å². The lowest BCUT2D eigenvalue weighted by atomic mass is 9.95. The lowest BCUT2D eigenvalue weighted by Crippen LogP contribution is -2.35. The van der Waals surface area contributed by atoms with Crippen LogP contribution in [0.1, 0.15) is 24.5 Å². The summed E-state index contributed by atoms with van der Waals surface area (Å²) >= 11 is 0. The summed E-state index contributed by atoms with van der Waals surface area (Å²) in [5, 5.41) is 14.7. The van der Waals surface area contributed by atoms with Crippen molar-refractivity contribution < 1.29 is 5.11 Å². The van der Waals surface area contributed by atoms with E-state index >= 15 is 0 Å². The Bertz CT molecular complexity index is 795. The van der Waals surface area contributed by atoms with Gasteiger partial charge in [-0.25, -0.2) is 9.97 Å². The van der Waals surface area contributed by atoms with Gasteiger partial charge in [0.15, 0.2) is 0 Å². The molecule has 1 atom stereocenters. The van der Waals surface area contributed by atoms with Crippen molar-refractivity contribution in [2.45, 2.75) is 25.3 Å². The third-order valence-corrected chi connectivity index (χ3v) is 4.46. The number of fused-ring (bicyclic) bond motifs is 1. The van der Waals surface area contributed by atoms with E-state index in [9.17, 15) is 0 Å². The maximum Gasteiger partial charge on any atom is 0.142 e. The van der Waals surface area contributed by atoms with Gasteiger partial charge in [-0.2, -0.15) is 5.10 Å². The van der Waals surface area contributed by atoms with Gasteiger partial charge in [-0.3, -0.25) is 4.68 Å². The summed E-state index contributed by atoms with van der Waals surface area (Å²) in [7, 11) is 0. The fourth-order valence-electron chi connectivity index (χ4n) is 3.34. The van der Waals surface area contributed by atoms with Gasteiger partial charge in [0.05, 0.1) is 24.2 Å². The van der Waals surface area contributed by atoms with Crippen molar-refractivity contribution in [3.63, 3.8) is 0 Å². The molecule has 3 aromatic rings. The Hall–Kier alpha value is -2.41. The van der Waals surface area contributed by atoms with E-state index in [4.69, 9.17) is 5.11 Å². The number of H-pyrrole nitrogens is 1. The van der Waals surface area contributed by atoms with Crippen molar-refractivity contribution in [1.29, 1.82) is 0 Å². The maximum absolute atomic E-state index is 9.02. The monoisotopic (exact) mass is 312 g/mol. The topological polar surface area (TPSA) is 82.9 Å². The normalized spacial score (nSPS) is 18.7. The van der Waals surface area contributed by atoms with Gasteiger partial charge in [0, 0.05) is 31.4 Å². The fourth-order valence-corrected chi connectivity index (χ4v) is 3.34. The summed E-state index contributed by atoms with van der Waals surface area (Å²) in [6, 6.07) is 4.10. The van der Waals surface area contributed by atoms with Gasteiger partial charge in [0.25, 0.3) is 0 Å². The highest BCUT2D eigenvalue weighted by Gasteiger charge is 2.25. The summed E-state index contributed by atoms with van der Waals surface area (Å²) in [6.45, 7) is 2.58. The zero-order valence-corrected chi connectivity index (χ0v) is 12.9. The minimum atomic E-state index is 0.115. The molecule has 1 fully saturated rings. The third-order valence-electron chi connectivity index (χ3n) is 4.46. The number of aromatic amines is 1. The number of nitrogens with one attached hydrogen (secondary N) is 1. The van der Waals surface area contributed by atoms with Gasteiger partial charge < -0.3 is 15.0 Å². The number of nitrogens with zero attached hydrogens (tertiary/aromatic N) is 5. The number of aliphatic hydroxyl groups excluding tert-OH is 1. The largest absolute Gasteiger partial charge is 0.394 e. The highest BCUT2D eigenvalue weighted by Crippen LogP contribution is 2.31. The van der Waals surface area contributed by atoms with E-state index in [2.05, 4.69) is 31.0 Å². The fraction of sp³-hybridized carbons (Fsp3) is 0.438. The van der Waals surface area contributed by atoms with Gasteiger partial charge in [-0.05, 0) is 25.0 Å². The van der Waals surface area contributed by atoms with E-state index in [0.29, 0.717) is 12.5 Å². The lowest BCUT2D eigenvalue weighted by molar-refractivity contribution is 0.268. The Labute approximate surface area is 134 Å². The molecule has 0 unspecified atom stereocenters. The van der Waals surface area contributed by atoms with Crippen molar-refractivity contribution in [1.82, 2.24) is 24.7 Å². The predicted molar refractivity (Wildman–Crippen MR) is 87.4 cm³/mol. The van der Waals surface area contributed by atoms with E-state index in [1.807, 2.05) is 23.1 Å². The first kappa shape index (κ1) is 14.2. The molecule has 0 aliphatic carbocycles. The minimum Gasteiger partial charge on any atom is -0.394 e. The second kappa shape index (κ2) is 6.00. The first-order valence-electron chi connectivity index (χ1n) is 8.02. The number of rotatable bonds is 4. The van der Waals surface area contributed by atoms with Crippen molar-refractivity contribution in [2.24, 2.45) is 0 Å². The van der Waals surface area contributed by atoms with Crippen LogP contribution in [0.2, 0.25) is 0 Å². The molecule has 4 rings (SSSR count). The van der Waals surface area contributed by atoms with Crippen LogP contribution in [0.5, 0.6) is 0 Å². The lowest BCUT2D eigenvalue weighted by Gasteiger charge is -2.33. The van der Waals surface area contributed by atoms with Crippen LogP contribution in [0.4, 0.5) is 5.82 Å². The molecule has 7 nitrogen and oxygen atoms in total. The molecule has 1 saturated heterocycles. The molecule has 0 amide bonds. The van der Waals surface area contributed by atoms with Crippen LogP contribution in [-0.4, -0.2) is 49.5 Å². The van der Waals surface area contributed by atoms with E-state index in [1.54, 1.807) is 6.33 Å². The summed E-state index contributed by atoms with van der Waals surface area (Å²) in [6.07, 6.45) is 7.72. The number of aromatic nitrogens is 5. The SMILES string of the molecule is OCCn1ccc([C@@H]2CCCN(c3ncnc4[nH]ccc34)C2)n1. The van der Waals surface area contributed by atoms with Crippen LogP contribution in [0.3, 0.4) is 0 Å². The molecule has 1 aliphatic heterocycles. The Morgan fingerprint density at radius 3 is 3.17 bits per heavy atom. The van der Waals surface area contributed by atoms with E-state index in [0.717, 1.165) is 48.5 Å². The third kappa shape index (κ3) is 2.68. The number of piperidine rings is 1. The quantitative estimate of drug-likeness (QED) is 0.763. The standard InChI is InChI=1S/C16H20N6O/c23-9-8-22-7-4-14(20-22)12-2-1-6-21(10-12)16-13-3-5-17-15(13)18-11-19-16/h3-5,7,11-12,23H,1-2,6,8-10H2,(H,17,18,19)/t12-/m1/s1. The first-order valence-corrected chi connectivity index (χ1v) is 8.02. The summed E-state index contributed by atoms with van der Waals surface area (Å²) in [4.78, 5) is 14.2. The number of anilines is 1. The molecule has 0 spiro atoms. The van der Waals surface area contributed by atoms with Crippen LogP contribution in [0.15, 0.2) is 30.9 Å². The van der Waals surface area contributed by atoms with Crippen LogP contribution in [0.25, 0.3) is 11.0 Å². The van der Waals surface area contributed by atoms with Gasteiger partial charge in [0.1, 0.15) is 17.8 Å². The highest BCUT2D eigenvalue weighted by atomic mass is 16.3. The molecule has 0 saturated carbocycles. The van der Waals surface area contributed by atoms with Crippen molar-refractivity contribution in [3.8, 4) is 0 Å². The smallest absolute Gasteiger partial charge is 0.142 e. The Balaban J connectivity index is 1.58. The summed E-state index contributed by atoms with van der Waals surface area (Å²) in [5.74, 6) is 1.39. The van der Waals surface area contributed by atoms with Crippen molar-refractivity contribution in [2.75, 3.05) is 24.6 Å². The molecule has 4 heterocycles. The van der Waals surface area contributed by atoms with Gasteiger partial charge in [-0.1, -0.05) is 0 Å². The Kier molecular flexibility index (Phi) is 3.70. The molecule has 23 heavy (non-hydrogen) atoms. The molecule has 120 valence electrons. The Morgan fingerprint density at radius 2 is 2.26 bits per heavy atom. The number of hydrogen-bond donors (Lipinski definition) is 2. The van der Waals surface area contributed by atoms with Crippen LogP contribution >= 0.6 is 0 Å². The zero-order chi connectivity index (χ0) is 15.6. The molecular weight excluding hydrogens is 292 g/mol. The van der Waals surface area contributed by atoms with Crippen molar-refractivity contribution in [3.05, 3.63) is 36.5 Å². The summed E-state index contributed by atoms with van der Waals surface area (Å²) < 4.78 is 1.81. The van der Waals surface area contributed by atoms with E-state index in [-0.39, 0.29) is 6.61 Å². The predicted octanol–water partition coefficient (Wildman–Crippen LogP) is 1.53. The molecule has 7 heteroatoms. The van der Waals surface area contributed by atoms with E-state index in [1.165, 1.54) is 0 Å². The van der Waals surface area contributed by atoms with Crippen molar-refractivity contribution >= 4 is 16.9 Å². The second-order valence-corrected chi connectivity index (χ2v) is 5.95. The Morgan fingerprint density at radius 1 is 1.30 bits per heavy atom. The number of hydrogen-bond acceptors (Lipinski definition) is 5. The van der Waals surface area contributed by atoms with E-state index < -0.39 is 0 Å². The minimum absolute atomic E-state index is 0.115. The van der Waals surface area contributed by atoms with Gasteiger partial charge >= 0.3 is 0 Å². The van der Waals surface area contributed by atoms with Crippen LogP contribution < -0.4 is 4.90 Å². The van der Waals surface area contributed by atoms with Crippen LogP contribution in [-0.2, 0) is 6.54 Å². The first-order chi connectivity index (χ1) is 11.3. The van der Waals surface area contributed by atoms with Gasteiger partial charge in [-0.15, -0.1) is 0 Å². The molecular formula is C16H20N6O. The molecule has 0 bridgehead atoms. The second-order valence-electron chi connectivity index (χ2n) is 5.95. The zero-order valence-electron chi connectivity index (χ0n) is 12.9. The molecule has 0 aromatic carbocycles. The average Bonchev–Trinajstić information content (AvgIpc) is 3.24. The number of aliphatic hydroxyl groups is 1. The van der Waals surface area contributed by atoms with Crippen LogP contribution in [0, 0.1) is 0 Å². The maximum atomic E-state index is 9.02. The molecule has 2 N–H and O–H groups in total. The summed E-state index contributed by atoms with van der Waals surface area (Å²) in [5.41, 5.74) is 1.98. The molecule has 1 aliphatic rings.